The molecular weight excluding hydrogens is 420 g/mol. The van der Waals surface area contributed by atoms with Crippen molar-refractivity contribution in [2.24, 2.45) is 0 Å². The fraction of sp³-hybridized carbons (Fsp3) is 0.120. The number of carbonyl (C=O) groups excluding carboxylic acids is 1. The van der Waals surface area contributed by atoms with Gasteiger partial charge in [-0.05, 0) is 53.6 Å². The number of nitrogens with one attached hydrogen (secondary N) is 1. The predicted octanol–water partition coefficient (Wildman–Crippen LogP) is 3.15. The molecule has 0 saturated carbocycles. The summed E-state index contributed by atoms with van der Waals surface area (Å²) in [4.78, 5) is 28.8. The number of hydrogen-bond donors (Lipinski definition) is 1. The summed E-state index contributed by atoms with van der Waals surface area (Å²) >= 11 is 0. The molecule has 0 radical (unpaired) electrons. The van der Waals surface area contributed by atoms with Crippen LogP contribution in [-0.4, -0.2) is 27.8 Å². The number of para-hydroxylation sites is 1. The first kappa shape index (κ1) is 21.8. The summed E-state index contributed by atoms with van der Waals surface area (Å²) in [6, 6.07) is 20.9. The molecule has 0 aliphatic carbocycles. The van der Waals surface area contributed by atoms with E-state index in [1.807, 2.05) is 24.3 Å². The van der Waals surface area contributed by atoms with Crippen LogP contribution in [0.1, 0.15) is 21.6 Å². The molecule has 0 aliphatic rings. The van der Waals surface area contributed by atoms with Crippen LogP contribution in [0.25, 0.3) is 5.69 Å². The third-order valence-corrected chi connectivity index (χ3v) is 4.86. The lowest BCUT2D eigenvalue weighted by atomic mass is 10.2. The number of hydrogen-bond acceptors (Lipinski definition) is 6. The Morgan fingerprint density at radius 2 is 1.73 bits per heavy atom. The van der Waals surface area contributed by atoms with Gasteiger partial charge in [-0.2, -0.15) is 9.78 Å². The number of benzene rings is 2. The van der Waals surface area contributed by atoms with Crippen molar-refractivity contribution < 1.29 is 14.3 Å². The van der Waals surface area contributed by atoms with Gasteiger partial charge in [-0.1, -0.05) is 24.3 Å². The zero-order valence-corrected chi connectivity index (χ0v) is 18.0. The Balaban J connectivity index is 1.42. The van der Waals surface area contributed by atoms with Crippen molar-refractivity contribution >= 4 is 5.91 Å². The van der Waals surface area contributed by atoms with E-state index < -0.39 is 5.91 Å². The minimum atomic E-state index is -0.392. The molecule has 8 heteroatoms. The van der Waals surface area contributed by atoms with Crippen molar-refractivity contribution in [2.45, 2.75) is 13.2 Å². The lowest BCUT2D eigenvalue weighted by Crippen LogP contribution is -2.28. The van der Waals surface area contributed by atoms with Crippen molar-refractivity contribution in [3.63, 3.8) is 0 Å². The molecule has 4 rings (SSSR count). The van der Waals surface area contributed by atoms with Crippen LogP contribution in [0.2, 0.25) is 0 Å². The van der Waals surface area contributed by atoms with Gasteiger partial charge in [0.2, 0.25) is 0 Å². The summed E-state index contributed by atoms with van der Waals surface area (Å²) < 4.78 is 12.5. The third kappa shape index (κ3) is 5.43. The van der Waals surface area contributed by atoms with Gasteiger partial charge in [-0.3, -0.25) is 14.6 Å². The molecule has 0 bridgehead atoms. The molecule has 0 unspecified atom stereocenters. The van der Waals surface area contributed by atoms with Crippen LogP contribution in [0.15, 0.2) is 90.0 Å². The Morgan fingerprint density at radius 1 is 0.939 bits per heavy atom. The van der Waals surface area contributed by atoms with Gasteiger partial charge in [-0.15, -0.1) is 0 Å². The first-order valence-electron chi connectivity index (χ1n) is 10.3. The molecular formula is C25H22N4O4. The first-order valence-corrected chi connectivity index (χ1v) is 10.3. The van der Waals surface area contributed by atoms with Crippen molar-refractivity contribution in [1.82, 2.24) is 20.1 Å². The van der Waals surface area contributed by atoms with Gasteiger partial charge >= 0.3 is 0 Å². The van der Waals surface area contributed by atoms with Crippen LogP contribution in [0.5, 0.6) is 11.5 Å². The van der Waals surface area contributed by atoms with Gasteiger partial charge in [0, 0.05) is 25.0 Å². The van der Waals surface area contributed by atoms with E-state index in [1.54, 1.807) is 55.9 Å². The van der Waals surface area contributed by atoms with E-state index in [9.17, 15) is 9.59 Å². The number of aromatic nitrogens is 3. The normalized spacial score (nSPS) is 10.5. The fourth-order valence-corrected chi connectivity index (χ4v) is 3.14. The van der Waals surface area contributed by atoms with Gasteiger partial charge in [0.05, 0.1) is 12.8 Å². The Morgan fingerprint density at radius 3 is 2.48 bits per heavy atom. The molecule has 8 nitrogen and oxygen atoms in total. The molecule has 2 aromatic heterocycles. The average Bonchev–Trinajstić information content (AvgIpc) is 2.87. The highest BCUT2D eigenvalue weighted by Crippen LogP contribution is 2.28. The van der Waals surface area contributed by atoms with E-state index in [2.05, 4.69) is 15.4 Å². The van der Waals surface area contributed by atoms with Gasteiger partial charge < -0.3 is 14.8 Å². The standard InChI is InChI=1S/C25H22N4O4/c1-32-23-15-19(7-9-22(23)33-17-18-11-13-26-14-12-18)16-27-25(31)21-8-10-24(30)29(28-21)20-5-3-2-4-6-20/h2-15H,16-17H2,1H3,(H,27,31). The summed E-state index contributed by atoms with van der Waals surface area (Å²) in [6.07, 6.45) is 3.42. The number of ether oxygens (including phenoxy) is 2. The Hall–Kier alpha value is -4.46. The fourth-order valence-electron chi connectivity index (χ4n) is 3.14. The average molecular weight is 442 g/mol. The molecule has 2 heterocycles. The summed E-state index contributed by atoms with van der Waals surface area (Å²) in [6.45, 7) is 0.643. The van der Waals surface area contributed by atoms with Crippen LogP contribution in [0.3, 0.4) is 0 Å². The smallest absolute Gasteiger partial charge is 0.272 e. The van der Waals surface area contributed by atoms with Crippen LogP contribution in [-0.2, 0) is 13.2 Å². The van der Waals surface area contributed by atoms with E-state index in [0.29, 0.717) is 23.8 Å². The van der Waals surface area contributed by atoms with Crippen molar-refractivity contribution in [3.05, 3.63) is 112 Å². The quantitative estimate of drug-likeness (QED) is 0.450. The lowest BCUT2D eigenvalue weighted by molar-refractivity contribution is 0.0944. The van der Waals surface area contributed by atoms with Crippen LogP contribution in [0.4, 0.5) is 0 Å². The van der Waals surface area contributed by atoms with Crippen molar-refractivity contribution in [3.8, 4) is 17.2 Å². The van der Waals surface area contributed by atoms with Crippen LogP contribution >= 0.6 is 0 Å². The highest BCUT2D eigenvalue weighted by atomic mass is 16.5. The minimum Gasteiger partial charge on any atom is -0.493 e. The second kappa shape index (κ2) is 10.2. The maximum absolute atomic E-state index is 12.6. The minimum absolute atomic E-state index is 0.141. The molecule has 1 N–H and O–H groups in total. The zero-order valence-electron chi connectivity index (χ0n) is 18.0. The van der Waals surface area contributed by atoms with Crippen LogP contribution < -0.4 is 20.3 Å². The SMILES string of the molecule is COc1cc(CNC(=O)c2ccc(=O)n(-c3ccccc3)n2)ccc1OCc1ccncc1. The van der Waals surface area contributed by atoms with Gasteiger partial charge in [0.15, 0.2) is 11.5 Å². The van der Waals surface area contributed by atoms with E-state index >= 15 is 0 Å². The highest BCUT2D eigenvalue weighted by Gasteiger charge is 2.12. The maximum Gasteiger partial charge on any atom is 0.272 e. The Labute approximate surface area is 190 Å². The molecule has 2 aromatic carbocycles. The molecule has 0 saturated heterocycles. The van der Waals surface area contributed by atoms with Crippen LogP contribution in [0, 0.1) is 0 Å². The monoisotopic (exact) mass is 442 g/mol. The topological polar surface area (TPSA) is 95.3 Å². The molecule has 0 atom stereocenters. The van der Waals surface area contributed by atoms with E-state index in [4.69, 9.17) is 9.47 Å². The zero-order chi connectivity index (χ0) is 23.0. The molecule has 0 fully saturated rings. The summed E-state index contributed by atoms with van der Waals surface area (Å²) in [7, 11) is 1.56. The second-order valence-corrected chi connectivity index (χ2v) is 7.12. The predicted molar refractivity (Wildman–Crippen MR) is 123 cm³/mol. The molecule has 0 spiro atoms. The van der Waals surface area contributed by atoms with Crippen molar-refractivity contribution in [2.75, 3.05) is 7.11 Å². The third-order valence-electron chi connectivity index (χ3n) is 4.86. The summed E-state index contributed by atoms with van der Waals surface area (Å²) in [5, 5.41) is 7.02. The maximum atomic E-state index is 12.6. The van der Waals surface area contributed by atoms with Gasteiger partial charge in [-0.25, -0.2) is 0 Å². The van der Waals surface area contributed by atoms with E-state index in [-0.39, 0.29) is 17.8 Å². The molecule has 166 valence electrons. The number of carbonyl (C=O) groups is 1. The molecule has 0 aliphatic heterocycles. The summed E-state index contributed by atoms with van der Waals surface area (Å²) in [5.74, 6) is 0.768. The first-order chi connectivity index (χ1) is 16.1. The number of amides is 1. The number of nitrogens with zero attached hydrogens (tertiary/aromatic N) is 3. The largest absolute Gasteiger partial charge is 0.493 e. The van der Waals surface area contributed by atoms with E-state index in [1.165, 1.54) is 16.8 Å². The van der Waals surface area contributed by atoms with Gasteiger partial charge in [0.1, 0.15) is 12.3 Å². The summed E-state index contributed by atoms with van der Waals surface area (Å²) in [5.41, 5.74) is 2.23. The number of pyridine rings is 1. The Bertz CT molecular complexity index is 1290. The molecule has 33 heavy (non-hydrogen) atoms. The van der Waals surface area contributed by atoms with Gasteiger partial charge in [0.25, 0.3) is 11.5 Å². The number of methoxy groups -OCH3 is 1. The second-order valence-electron chi connectivity index (χ2n) is 7.12. The Kier molecular flexibility index (Phi) is 6.75. The highest BCUT2D eigenvalue weighted by molar-refractivity contribution is 5.92. The lowest BCUT2D eigenvalue weighted by Gasteiger charge is -2.13. The molecule has 1 amide bonds. The van der Waals surface area contributed by atoms with E-state index in [0.717, 1.165) is 11.1 Å². The number of rotatable bonds is 8. The van der Waals surface area contributed by atoms with Crippen molar-refractivity contribution in [1.29, 1.82) is 0 Å². The molecule has 4 aromatic rings.